The summed E-state index contributed by atoms with van der Waals surface area (Å²) in [4.78, 5) is 14.4. The molecule has 1 heterocycles. The van der Waals surface area contributed by atoms with E-state index in [1.165, 1.54) is 11.1 Å². The van der Waals surface area contributed by atoms with Crippen molar-refractivity contribution >= 4 is 5.91 Å². The van der Waals surface area contributed by atoms with Crippen molar-refractivity contribution in [3.8, 4) is 5.75 Å². The van der Waals surface area contributed by atoms with Crippen LogP contribution in [0.2, 0.25) is 0 Å². The van der Waals surface area contributed by atoms with Gasteiger partial charge in [-0.05, 0) is 86.3 Å². The summed E-state index contributed by atoms with van der Waals surface area (Å²) < 4.78 is 0. The third-order valence-corrected chi connectivity index (χ3v) is 7.63. The summed E-state index contributed by atoms with van der Waals surface area (Å²) in [7, 11) is 0. The highest BCUT2D eigenvalue weighted by Gasteiger charge is 2.38. The van der Waals surface area contributed by atoms with Gasteiger partial charge in [0.25, 0.3) is 0 Å². The molecule has 34 heavy (non-hydrogen) atoms. The lowest BCUT2D eigenvalue weighted by Gasteiger charge is -2.45. The maximum absolute atomic E-state index is 11.7. The van der Waals surface area contributed by atoms with Crippen LogP contribution in [0.5, 0.6) is 5.75 Å². The number of rotatable bonds is 12. The van der Waals surface area contributed by atoms with Crippen molar-refractivity contribution in [3.05, 3.63) is 65.7 Å². The van der Waals surface area contributed by atoms with Crippen LogP contribution in [0.25, 0.3) is 0 Å². The van der Waals surface area contributed by atoms with Gasteiger partial charge in [-0.15, -0.1) is 0 Å². The van der Waals surface area contributed by atoms with E-state index < -0.39 is 0 Å². The monoisotopic (exact) mass is 465 g/mol. The molecule has 1 amide bonds. The first kappa shape index (κ1) is 26.2. The molecule has 3 rings (SSSR count). The van der Waals surface area contributed by atoms with Crippen molar-refractivity contribution < 1.29 is 9.90 Å². The lowest BCUT2D eigenvalue weighted by molar-refractivity contribution is -0.120. The molecule has 3 unspecified atom stereocenters. The molecule has 0 bridgehead atoms. The number of hydrogen-bond donors (Lipinski definition) is 3. The summed E-state index contributed by atoms with van der Waals surface area (Å²) in [6.07, 6.45) is 3.83. The second kappa shape index (κ2) is 12.9. The first-order chi connectivity index (χ1) is 16.4. The van der Waals surface area contributed by atoms with E-state index in [9.17, 15) is 9.90 Å². The maximum Gasteiger partial charge on any atom is 0.221 e. The van der Waals surface area contributed by atoms with Gasteiger partial charge in [0, 0.05) is 26.1 Å². The van der Waals surface area contributed by atoms with E-state index in [2.05, 4.69) is 65.8 Å². The Morgan fingerprint density at radius 3 is 2.71 bits per heavy atom. The van der Waals surface area contributed by atoms with Crippen molar-refractivity contribution in [3.63, 3.8) is 0 Å². The smallest absolute Gasteiger partial charge is 0.221 e. The predicted molar refractivity (Wildman–Crippen MR) is 140 cm³/mol. The number of carbonyl (C=O) groups is 1. The molecule has 3 N–H and O–H groups in total. The fraction of sp³-hybridized carbons (Fsp3) is 0.552. The lowest BCUT2D eigenvalue weighted by atomic mass is 9.68. The van der Waals surface area contributed by atoms with Gasteiger partial charge in [0.05, 0.1) is 0 Å². The van der Waals surface area contributed by atoms with Crippen molar-refractivity contribution in [1.82, 2.24) is 15.5 Å². The van der Waals surface area contributed by atoms with E-state index in [-0.39, 0.29) is 11.3 Å². The zero-order valence-corrected chi connectivity index (χ0v) is 21.2. The largest absolute Gasteiger partial charge is 0.508 e. The number of carbonyl (C=O) groups excluding carboxylic acids is 1. The lowest BCUT2D eigenvalue weighted by Crippen LogP contribution is -2.48. The van der Waals surface area contributed by atoms with Crippen LogP contribution in [0.4, 0.5) is 0 Å². The Balaban J connectivity index is 1.53. The number of amides is 1. The van der Waals surface area contributed by atoms with Gasteiger partial charge >= 0.3 is 0 Å². The zero-order chi connectivity index (χ0) is 24.4. The Morgan fingerprint density at radius 2 is 2.00 bits per heavy atom. The minimum absolute atomic E-state index is 0.0965. The highest BCUT2D eigenvalue weighted by molar-refractivity contribution is 5.75. The van der Waals surface area contributed by atoms with Gasteiger partial charge in [-0.2, -0.15) is 0 Å². The number of hydrogen-bond acceptors (Lipinski definition) is 4. The van der Waals surface area contributed by atoms with Crippen LogP contribution in [0.1, 0.15) is 51.2 Å². The zero-order valence-electron chi connectivity index (χ0n) is 21.2. The molecular weight excluding hydrogens is 422 g/mol. The van der Waals surface area contributed by atoms with Crippen molar-refractivity contribution in [1.29, 1.82) is 0 Å². The molecular formula is C29H43N3O2. The second-order valence-electron chi connectivity index (χ2n) is 10.2. The quantitative estimate of drug-likeness (QED) is 0.408. The van der Waals surface area contributed by atoms with E-state index in [4.69, 9.17) is 0 Å². The standard InChI is InChI=1S/C29H43N3O2/c1-4-31-28(34)13-16-30-21-25(19-24-9-6-5-7-10-24)14-17-32-18-15-29(3,23(2)22-32)26-11-8-12-27(33)20-26/h5-12,20,23,25,30,33H,4,13-19,21-22H2,1-3H3,(H,31,34). The summed E-state index contributed by atoms with van der Waals surface area (Å²) in [6.45, 7) is 12.2. The molecule has 0 aliphatic carbocycles. The van der Waals surface area contributed by atoms with E-state index in [0.717, 1.165) is 52.0 Å². The Labute approximate surface area is 206 Å². The average molecular weight is 466 g/mol. The molecule has 1 aliphatic rings. The first-order valence-electron chi connectivity index (χ1n) is 12.9. The second-order valence-corrected chi connectivity index (χ2v) is 10.2. The fourth-order valence-electron chi connectivity index (χ4n) is 5.19. The Hall–Kier alpha value is -2.37. The summed E-state index contributed by atoms with van der Waals surface area (Å²) in [5.74, 6) is 1.53. The number of benzene rings is 2. The van der Waals surface area contributed by atoms with Crippen LogP contribution in [0.15, 0.2) is 54.6 Å². The summed E-state index contributed by atoms with van der Waals surface area (Å²) >= 11 is 0. The molecule has 1 saturated heterocycles. The molecule has 3 atom stereocenters. The van der Waals surface area contributed by atoms with Crippen molar-refractivity contribution in [2.75, 3.05) is 39.3 Å². The minimum Gasteiger partial charge on any atom is -0.508 e. The van der Waals surface area contributed by atoms with Gasteiger partial charge in [-0.3, -0.25) is 4.79 Å². The van der Waals surface area contributed by atoms with E-state index >= 15 is 0 Å². The molecule has 186 valence electrons. The topological polar surface area (TPSA) is 64.6 Å². The number of likely N-dealkylation sites (tertiary alicyclic amines) is 1. The first-order valence-corrected chi connectivity index (χ1v) is 12.9. The maximum atomic E-state index is 11.7. The van der Waals surface area contributed by atoms with Gasteiger partial charge in [-0.1, -0.05) is 56.3 Å². The molecule has 0 radical (unpaired) electrons. The van der Waals surface area contributed by atoms with Gasteiger partial charge in [0.1, 0.15) is 5.75 Å². The minimum atomic E-state index is 0.0965. The SMILES string of the molecule is CCNC(=O)CCNCC(CCN1CCC(C)(c2cccc(O)c2)C(C)C1)Cc1ccccc1. The van der Waals surface area contributed by atoms with Crippen LogP contribution in [0, 0.1) is 11.8 Å². The van der Waals surface area contributed by atoms with Crippen LogP contribution >= 0.6 is 0 Å². The van der Waals surface area contributed by atoms with Crippen LogP contribution in [0.3, 0.4) is 0 Å². The number of piperidine rings is 1. The third kappa shape index (κ3) is 7.57. The molecule has 1 aliphatic heterocycles. The number of nitrogens with one attached hydrogen (secondary N) is 2. The van der Waals surface area contributed by atoms with Crippen LogP contribution in [-0.2, 0) is 16.6 Å². The molecule has 2 aromatic rings. The number of nitrogens with zero attached hydrogens (tertiary/aromatic N) is 1. The Kier molecular flexibility index (Phi) is 9.97. The van der Waals surface area contributed by atoms with Gasteiger partial charge in [0.15, 0.2) is 0 Å². The van der Waals surface area contributed by atoms with Crippen molar-refractivity contribution in [2.45, 2.75) is 51.9 Å². The van der Waals surface area contributed by atoms with Gasteiger partial charge in [0.2, 0.25) is 5.91 Å². The highest BCUT2D eigenvalue weighted by Crippen LogP contribution is 2.40. The molecule has 0 aromatic heterocycles. The van der Waals surface area contributed by atoms with Crippen LogP contribution < -0.4 is 10.6 Å². The summed E-state index contributed by atoms with van der Waals surface area (Å²) in [6, 6.07) is 18.5. The Morgan fingerprint density at radius 1 is 1.21 bits per heavy atom. The normalized spacial score (nSPS) is 21.8. The molecule has 0 saturated carbocycles. The molecule has 5 nitrogen and oxygen atoms in total. The van der Waals surface area contributed by atoms with Gasteiger partial charge < -0.3 is 20.6 Å². The molecule has 0 spiro atoms. The number of phenolic OH excluding ortho intramolecular Hbond substituents is 1. The van der Waals surface area contributed by atoms with E-state index in [0.29, 0.717) is 30.6 Å². The third-order valence-electron chi connectivity index (χ3n) is 7.63. The summed E-state index contributed by atoms with van der Waals surface area (Å²) in [5, 5.41) is 16.4. The van der Waals surface area contributed by atoms with Crippen LogP contribution in [-0.4, -0.2) is 55.2 Å². The predicted octanol–water partition coefficient (Wildman–Crippen LogP) is 4.36. The highest BCUT2D eigenvalue weighted by atomic mass is 16.3. The molecule has 2 aromatic carbocycles. The van der Waals surface area contributed by atoms with Crippen molar-refractivity contribution in [2.24, 2.45) is 11.8 Å². The molecule has 5 heteroatoms. The number of aromatic hydroxyl groups is 1. The van der Waals surface area contributed by atoms with Gasteiger partial charge in [-0.25, -0.2) is 0 Å². The van der Waals surface area contributed by atoms with E-state index in [1.54, 1.807) is 6.07 Å². The Bertz CT molecular complexity index is 888. The summed E-state index contributed by atoms with van der Waals surface area (Å²) in [5.41, 5.74) is 2.72. The number of phenols is 1. The molecule has 1 fully saturated rings. The average Bonchev–Trinajstić information content (AvgIpc) is 2.83. The van der Waals surface area contributed by atoms with E-state index in [1.807, 2.05) is 19.1 Å². The fourth-order valence-corrected chi connectivity index (χ4v) is 5.19.